The largest absolute Gasteiger partial charge is 0.355 e. The summed E-state index contributed by atoms with van der Waals surface area (Å²) in [7, 11) is 0. The fraction of sp³-hybridized carbons (Fsp3) is 0.800. The van der Waals surface area contributed by atoms with Crippen molar-refractivity contribution < 1.29 is 9.59 Å². The van der Waals surface area contributed by atoms with Gasteiger partial charge in [-0.15, -0.1) is 0 Å². The van der Waals surface area contributed by atoms with Crippen LogP contribution >= 0.6 is 0 Å². The van der Waals surface area contributed by atoms with Crippen LogP contribution < -0.4 is 10.6 Å². The molecule has 0 bridgehead atoms. The topological polar surface area (TPSA) is 58.2 Å². The molecule has 2 amide bonds. The first-order valence-electron chi connectivity index (χ1n) is 5.14. The Morgan fingerprint density at radius 3 is 2.50 bits per heavy atom. The summed E-state index contributed by atoms with van der Waals surface area (Å²) in [6.45, 7) is 6.20. The van der Waals surface area contributed by atoms with Gasteiger partial charge in [0.1, 0.15) is 6.04 Å². The van der Waals surface area contributed by atoms with Crippen LogP contribution in [0.3, 0.4) is 0 Å². The molecule has 0 unspecified atom stereocenters. The fourth-order valence-electron chi connectivity index (χ4n) is 1.40. The van der Waals surface area contributed by atoms with Gasteiger partial charge in [-0.2, -0.15) is 0 Å². The zero-order valence-electron chi connectivity index (χ0n) is 8.96. The first-order chi connectivity index (χ1) is 6.56. The molecule has 14 heavy (non-hydrogen) atoms. The molecule has 0 spiro atoms. The molecule has 1 aliphatic rings. The van der Waals surface area contributed by atoms with Crippen molar-refractivity contribution in [3.05, 3.63) is 0 Å². The third kappa shape index (κ3) is 2.72. The van der Waals surface area contributed by atoms with Crippen LogP contribution in [-0.2, 0) is 9.59 Å². The molecule has 2 N–H and O–H groups in total. The predicted octanol–water partition coefficient (Wildman–Crippen LogP) is 0.283. The molecule has 0 saturated heterocycles. The second-order valence-corrected chi connectivity index (χ2v) is 3.94. The summed E-state index contributed by atoms with van der Waals surface area (Å²) in [5.74, 6) is 0.508. The fourth-order valence-corrected chi connectivity index (χ4v) is 1.40. The molecule has 1 rings (SSSR count). The Morgan fingerprint density at radius 2 is 2.07 bits per heavy atom. The average molecular weight is 198 g/mol. The molecule has 0 radical (unpaired) electrons. The molecule has 1 aliphatic carbocycles. The maximum absolute atomic E-state index is 11.4. The summed E-state index contributed by atoms with van der Waals surface area (Å²) in [6.07, 6.45) is 0.952. The monoisotopic (exact) mass is 198 g/mol. The van der Waals surface area contributed by atoms with Crippen LogP contribution in [0.5, 0.6) is 0 Å². The van der Waals surface area contributed by atoms with Crippen LogP contribution in [0, 0.1) is 11.8 Å². The third-order valence-electron chi connectivity index (χ3n) is 2.55. The minimum atomic E-state index is -0.421. The van der Waals surface area contributed by atoms with Crippen LogP contribution in [0.2, 0.25) is 0 Å². The quantitative estimate of drug-likeness (QED) is 0.682. The summed E-state index contributed by atoms with van der Waals surface area (Å²) in [5.41, 5.74) is 0. The SMILES string of the molecule is CCNC(=O)[C@H](C)NC(=O)[C@H]1C[C@H]1C. The molecule has 3 atom stereocenters. The van der Waals surface area contributed by atoms with Crippen molar-refractivity contribution in [2.24, 2.45) is 11.8 Å². The molecular weight excluding hydrogens is 180 g/mol. The van der Waals surface area contributed by atoms with Gasteiger partial charge in [0.25, 0.3) is 0 Å². The minimum Gasteiger partial charge on any atom is -0.355 e. The lowest BCUT2D eigenvalue weighted by Gasteiger charge is -2.12. The molecular formula is C10H18N2O2. The standard InChI is InChI=1S/C10H18N2O2/c1-4-11-9(13)7(3)12-10(14)8-5-6(8)2/h6-8H,4-5H2,1-3H3,(H,11,13)(H,12,14)/t6-,7+,8+/m1/s1. The van der Waals surface area contributed by atoms with Crippen LogP contribution in [0.4, 0.5) is 0 Å². The number of hydrogen-bond donors (Lipinski definition) is 2. The highest BCUT2D eigenvalue weighted by atomic mass is 16.2. The van der Waals surface area contributed by atoms with Gasteiger partial charge in [-0.3, -0.25) is 9.59 Å². The Morgan fingerprint density at radius 1 is 1.50 bits per heavy atom. The van der Waals surface area contributed by atoms with Gasteiger partial charge in [-0.25, -0.2) is 0 Å². The highest BCUT2D eigenvalue weighted by molar-refractivity contribution is 5.89. The Labute approximate surface area is 84.4 Å². The smallest absolute Gasteiger partial charge is 0.242 e. The van der Waals surface area contributed by atoms with E-state index in [0.717, 1.165) is 6.42 Å². The van der Waals surface area contributed by atoms with Gasteiger partial charge >= 0.3 is 0 Å². The van der Waals surface area contributed by atoms with E-state index in [2.05, 4.69) is 10.6 Å². The molecule has 80 valence electrons. The van der Waals surface area contributed by atoms with E-state index in [9.17, 15) is 9.59 Å². The zero-order chi connectivity index (χ0) is 10.7. The van der Waals surface area contributed by atoms with E-state index in [1.54, 1.807) is 6.92 Å². The minimum absolute atomic E-state index is 0.0104. The first kappa shape index (κ1) is 11.0. The van der Waals surface area contributed by atoms with Gasteiger partial charge in [0.2, 0.25) is 11.8 Å². The predicted molar refractivity (Wildman–Crippen MR) is 53.6 cm³/mol. The van der Waals surface area contributed by atoms with Gasteiger partial charge < -0.3 is 10.6 Å². The molecule has 0 aromatic carbocycles. The lowest BCUT2D eigenvalue weighted by Crippen LogP contribution is -2.45. The van der Waals surface area contributed by atoms with Gasteiger partial charge in [0.15, 0.2) is 0 Å². The van der Waals surface area contributed by atoms with Gasteiger partial charge in [0.05, 0.1) is 0 Å². The summed E-state index contributed by atoms with van der Waals surface area (Å²) >= 11 is 0. The van der Waals surface area contributed by atoms with Crippen LogP contribution in [0.25, 0.3) is 0 Å². The highest BCUT2D eigenvalue weighted by Crippen LogP contribution is 2.37. The number of nitrogens with one attached hydrogen (secondary N) is 2. The Balaban J connectivity index is 2.29. The van der Waals surface area contributed by atoms with Gasteiger partial charge in [0, 0.05) is 12.5 Å². The summed E-state index contributed by atoms with van der Waals surface area (Å²) in [4.78, 5) is 22.7. The maximum atomic E-state index is 11.4. The van der Waals surface area contributed by atoms with Crippen molar-refractivity contribution in [2.45, 2.75) is 33.2 Å². The van der Waals surface area contributed by atoms with E-state index in [1.807, 2.05) is 13.8 Å². The normalized spacial score (nSPS) is 26.5. The Hall–Kier alpha value is -1.06. The Kier molecular flexibility index (Phi) is 3.49. The molecule has 0 aromatic rings. The van der Waals surface area contributed by atoms with Crippen molar-refractivity contribution >= 4 is 11.8 Å². The summed E-state index contributed by atoms with van der Waals surface area (Å²) < 4.78 is 0. The van der Waals surface area contributed by atoms with Crippen molar-refractivity contribution in [3.63, 3.8) is 0 Å². The number of hydrogen-bond acceptors (Lipinski definition) is 2. The molecule has 4 nitrogen and oxygen atoms in total. The van der Waals surface area contributed by atoms with E-state index < -0.39 is 6.04 Å². The summed E-state index contributed by atoms with van der Waals surface area (Å²) in [5, 5.41) is 5.37. The molecule has 0 aromatic heterocycles. The number of rotatable bonds is 4. The zero-order valence-corrected chi connectivity index (χ0v) is 8.96. The van der Waals surface area contributed by atoms with Crippen LogP contribution in [0.1, 0.15) is 27.2 Å². The Bertz CT molecular complexity index is 240. The van der Waals surface area contributed by atoms with E-state index in [1.165, 1.54) is 0 Å². The van der Waals surface area contributed by atoms with Crippen molar-refractivity contribution in [1.82, 2.24) is 10.6 Å². The van der Waals surface area contributed by atoms with Crippen molar-refractivity contribution in [3.8, 4) is 0 Å². The van der Waals surface area contributed by atoms with Crippen LogP contribution in [0.15, 0.2) is 0 Å². The first-order valence-corrected chi connectivity index (χ1v) is 5.14. The lowest BCUT2D eigenvalue weighted by atomic mass is 10.2. The molecule has 0 heterocycles. The number of carbonyl (C=O) groups excluding carboxylic acids is 2. The second-order valence-electron chi connectivity index (χ2n) is 3.94. The van der Waals surface area contributed by atoms with Crippen molar-refractivity contribution in [1.29, 1.82) is 0 Å². The van der Waals surface area contributed by atoms with E-state index in [-0.39, 0.29) is 17.7 Å². The molecule has 1 fully saturated rings. The maximum Gasteiger partial charge on any atom is 0.242 e. The third-order valence-corrected chi connectivity index (χ3v) is 2.55. The van der Waals surface area contributed by atoms with E-state index in [4.69, 9.17) is 0 Å². The van der Waals surface area contributed by atoms with Crippen molar-refractivity contribution in [2.75, 3.05) is 6.54 Å². The van der Waals surface area contributed by atoms with E-state index in [0.29, 0.717) is 12.5 Å². The molecule has 0 aliphatic heterocycles. The number of carbonyl (C=O) groups is 2. The number of amides is 2. The summed E-state index contributed by atoms with van der Waals surface area (Å²) in [6, 6.07) is -0.421. The van der Waals surface area contributed by atoms with E-state index >= 15 is 0 Å². The van der Waals surface area contributed by atoms with Gasteiger partial charge in [-0.1, -0.05) is 6.92 Å². The lowest BCUT2D eigenvalue weighted by molar-refractivity contribution is -0.129. The highest BCUT2D eigenvalue weighted by Gasteiger charge is 2.39. The number of likely N-dealkylation sites (N-methyl/N-ethyl adjacent to an activating group) is 1. The second kappa shape index (κ2) is 4.44. The van der Waals surface area contributed by atoms with Crippen LogP contribution in [-0.4, -0.2) is 24.4 Å². The van der Waals surface area contributed by atoms with Gasteiger partial charge in [-0.05, 0) is 26.2 Å². The molecule has 4 heteroatoms. The molecule has 1 saturated carbocycles. The average Bonchev–Trinajstić information content (AvgIpc) is 2.83.